The predicted octanol–water partition coefficient (Wildman–Crippen LogP) is 4.44. The molecule has 33 heavy (non-hydrogen) atoms. The van der Waals surface area contributed by atoms with Crippen LogP contribution in [0.3, 0.4) is 0 Å². The molecule has 2 aliphatic carbocycles. The highest BCUT2D eigenvalue weighted by atomic mass is 19.0. The lowest BCUT2D eigenvalue weighted by molar-refractivity contribution is -0.0495. The van der Waals surface area contributed by atoms with Gasteiger partial charge in [0.1, 0.15) is 11.2 Å². The molecule has 2 saturated carbocycles. The lowest BCUT2D eigenvalue weighted by Gasteiger charge is -2.35. The minimum absolute atomic E-state index is 0. The average molecular weight is 461 g/mol. The van der Waals surface area contributed by atoms with Crippen LogP contribution in [0.4, 0.5) is 4.70 Å². The Morgan fingerprint density at radius 3 is 1.73 bits per heavy atom. The summed E-state index contributed by atoms with van der Waals surface area (Å²) in [5.74, 6) is 0.311. The van der Waals surface area contributed by atoms with Crippen LogP contribution in [0.1, 0.15) is 91.6 Å². The fourth-order valence-corrected chi connectivity index (χ4v) is 5.49. The molecule has 2 aliphatic heterocycles. The van der Waals surface area contributed by atoms with Gasteiger partial charge in [-0.1, -0.05) is 6.92 Å². The number of carbonyl (C=O) groups excluding carboxylic acids is 2. The number of ether oxygens (including phenoxy) is 2. The molecule has 4 heterocycles. The number of aromatic nitrogens is 2. The standard InChI is InChI=1S/C13H15NO2.C12H13NO3.FH.H2/c1-9-2-5-13(6-3-9)11-8-14-7-4-10(11)12(15)16-13;14-8-1-4-12(5-2-8)10-7-13-6-3-9(10)11(15)16-12;;/h4,7-9H,2-3,5-6H2,1H3;3,6-8,14H,1-2,4-5H2;2*1H/i;;;1+2. The number of carbonyl (C=O) groups is 2. The van der Waals surface area contributed by atoms with E-state index in [1.165, 1.54) is 0 Å². The molecule has 0 saturated heterocycles. The highest BCUT2D eigenvalue weighted by molar-refractivity contribution is 5.95. The Bertz CT molecular complexity index is 966. The Morgan fingerprint density at radius 2 is 1.27 bits per heavy atom. The molecule has 7 nitrogen and oxygen atoms in total. The van der Waals surface area contributed by atoms with E-state index in [2.05, 4.69) is 16.9 Å². The molecule has 6 rings (SSSR count). The Balaban J connectivity index is 0.000000180. The van der Waals surface area contributed by atoms with Gasteiger partial charge in [0.15, 0.2) is 0 Å². The first kappa shape index (κ1) is 23.3. The summed E-state index contributed by atoms with van der Waals surface area (Å²) in [6, 6.07) is 3.47. The molecule has 0 aromatic carbocycles. The highest BCUT2D eigenvalue weighted by Gasteiger charge is 2.48. The summed E-state index contributed by atoms with van der Waals surface area (Å²) in [6.45, 7) is 2.26. The Morgan fingerprint density at radius 1 is 0.848 bits per heavy atom. The number of hydrogen-bond donors (Lipinski definition) is 1. The van der Waals surface area contributed by atoms with Crippen molar-refractivity contribution in [2.24, 2.45) is 5.92 Å². The number of pyridine rings is 2. The maximum Gasteiger partial charge on any atom is 0.339 e. The van der Waals surface area contributed by atoms with Gasteiger partial charge in [-0.3, -0.25) is 14.7 Å². The third kappa shape index (κ3) is 4.01. The Hall–Kier alpha value is -2.87. The van der Waals surface area contributed by atoms with Crippen molar-refractivity contribution in [2.75, 3.05) is 0 Å². The number of hydrogen-bond acceptors (Lipinski definition) is 7. The van der Waals surface area contributed by atoms with E-state index in [0.29, 0.717) is 36.8 Å². The smallest absolute Gasteiger partial charge is 0.339 e. The Labute approximate surface area is 193 Å². The molecule has 0 radical (unpaired) electrons. The molecule has 2 aromatic rings. The predicted molar refractivity (Wildman–Crippen MR) is 119 cm³/mol. The third-order valence-corrected chi connectivity index (χ3v) is 7.48. The molecular formula is C25H31FN2O5. The molecule has 0 atom stereocenters. The lowest BCUT2D eigenvalue weighted by atomic mass is 9.76. The van der Waals surface area contributed by atoms with Gasteiger partial charge in [0.2, 0.25) is 0 Å². The average Bonchev–Trinajstić information content (AvgIpc) is 3.25. The molecule has 2 spiro atoms. The van der Waals surface area contributed by atoms with E-state index in [1.54, 1.807) is 36.9 Å². The van der Waals surface area contributed by atoms with Crippen LogP contribution in [0.25, 0.3) is 0 Å². The monoisotopic (exact) mass is 460 g/mol. The minimum atomic E-state index is -0.514. The quantitative estimate of drug-likeness (QED) is 0.581. The first-order valence-corrected chi connectivity index (χ1v) is 11.5. The maximum atomic E-state index is 11.8. The molecule has 0 amide bonds. The van der Waals surface area contributed by atoms with Gasteiger partial charge in [0.25, 0.3) is 0 Å². The summed E-state index contributed by atoms with van der Waals surface area (Å²) < 4.78 is 11.1. The number of halogens is 1. The van der Waals surface area contributed by atoms with Crippen molar-refractivity contribution in [3.63, 3.8) is 0 Å². The first-order chi connectivity index (χ1) is 15.4. The van der Waals surface area contributed by atoms with Gasteiger partial charge in [0.05, 0.1) is 17.2 Å². The van der Waals surface area contributed by atoms with Crippen LogP contribution in [-0.4, -0.2) is 33.1 Å². The largest absolute Gasteiger partial charge is 0.450 e. The van der Waals surface area contributed by atoms with Crippen molar-refractivity contribution in [3.8, 4) is 0 Å². The summed E-state index contributed by atoms with van der Waals surface area (Å²) in [5, 5.41) is 9.51. The van der Waals surface area contributed by atoms with Gasteiger partial charge in [-0.25, -0.2) is 9.59 Å². The molecule has 178 valence electrons. The molecule has 1 N–H and O–H groups in total. The number of nitrogens with zero attached hydrogens (tertiary/aromatic N) is 2. The number of esters is 2. The van der Waals surface area contributed by atoms with Crippen LogP contribution in [0, 0.1) is 5.92 Å². The molecule has 2 aromatic heterocycles. The zero-order chi connectivity index (χ0) is 22.3. The van der Waals surface area contributed by atoms with E-state index in [1.807, 2.05) is 0 Å². The van der Waals surface area contributed by atoms with Gasteiger partial charge in [0, 0.05) is 37.3 Å². The fourth-order valence-electron chi connectivity index (χ4n) is 5.49. The van der Waals surface area contributed by atoms with Crippen molar-refractivity contribution in [3.05, 3.63) is 59.2 Å². The molecule has 2 fully saturated rings. The summed E-state index contributed by atoms with van der Waals surface area (Å²) in [5.41, 5.74) is 2.38. The SMILES string of the molecule is CC1CCC2(CC1)OC(=O)c1ccncc12.F.O=C1OC2(CCC(O)CC2)c2cnccc21.[3HH]. The van der Waals surface area contributed by atoms with Crippen LogP contribution in [0.2, 0.25) is 0 Å². The van der Waals surface area contributed by atoms with E-state index in [-0.39, 0.29) is 29.8 Å². The Kier molecular flexibility index (Phi) is 6.22. The third-order valence-electron chi connectivity index (χ3n) is 7.48. The minimum Gasteiger partial charge on any atom is -0.450 e. The van der Waals surface area contributed by atoms with Crippen molar-refractivity contribution >= 4 is 11.9 Å². The zero-order valence-electron chi connectivity index (χ0n) is 18.7. The second-order valence-electron chi connectivity index (χ2n) is 9.52. The van der Waals surface area contributed by atoms with Crippen LogP contribution in [-0.2, 0) is 20.7 Å². The molecular weight excluding hydrogens is 427 g/mol. The van der Waals surface area contributed by atoms with E-state index >= 15 is 0 Å². The van der Waals surface area contributed by atoms with E-state index in [0.717, 1.165) is 42.7 Å². The highest BCUT2D eigenvalue weighted by Crippen LogP contribution is 2.48. The summed E-state index contributed by atoms with van der Waals surface area (Å²) >= 11 is 0. The normalized spacial score (nSPS) is 31.6. The van der Waals surface area contributed by atoms with Gasteiger partial charge >= 0.3 is 11.9 Å². The van der Waals surface area contributed by atoms with Crippen molar-refractivity contribution in [2.45, 2.75) is 75.6 Å². The van der Waals surface area contributed by atoms with Crippen molar-refractivity contribution in [1.82, 2.24) is 9.97 Å². The molecule has 4 aliphatic rings. The second-order valence-corrected chi connectivity index (χ2v) is 9.52. The summed E-state index contributed by atoms with van der Waals surface area (Å²) in [6.07, 6.45) is 13.4. The van der Waals surface area contributed by atoms with Gasteiger partial charge in [-0.2, -0.15) is 0 Å². The lowest BCUT2D eigenvalue weighted by Crippen LogP contribution is -2.33. The van der Waals surface area contributed by atoms with Gasteiger partial charge in [-0.15, -0.1) is 0 Å². The van der Waals surface area contributed by atoms with Gasteiger partial charge < -0.3 is 14.6 Å². The number of aliphatic hydroxyl groups is 1. The molecule has 0 unspecified atom stereocenters. The second kappa shape index (κ2) is 8.82. The van der Waals surface area contributed by atoms with E-state index < -0.39 is 5.60 Å². The van der Waals surface area contributed by atoms with E-state index in [4.69, 9.17) is 9.47 Å². The van der Waals surface area contributed by atoms with Crippen molar-refractivity contribution < 1.29 is 30.3 Å². The van der Waals surface area contributed by atoms with E-state index in [9.17, 15) is 14.7 Å². The maximum absolute atomic E-state index is 11.8. The van der Waals surface area contributed by atoms with Crippen molar-refractivity contribution in [1.29, 1.82) is 0 Å². The van der Waals surface area contributed by atoms with Gasteiger partial charge in [-0.05, 0) is 69.4 Å². The molecule has 0 bridgehead atoms. The number of aliphatic hydroxyl groups excluding tert-OH is 1. The summed E-state index contributed by atoms with van der Waals surface area (Å²) in [7, 11) is 0. The van der Waals surface area contributed by atoms with Crippen LogP contribution in [0.5, 0.6) is 0 Å². The molecule has 8 heteroatoms. The van der Waals surface area contributed by atoms with Crippen LogP contribution in [0.15, 0.2) is 36.9 Å². The fraction of sp³-hybridized carbons (Fsp3) is 0.520. The number of rotatable bonds is 0. The first-order valence-electron chi connectivity index (χ1n) is 11.5. The van der Waals surface area contributed by atoms with Crippen LogP contribution >= 0.6 is 0 Å². The zero-order valence-corrected chi connectivity index (χ0v) is 18.7. The number of fused-ring (bicyclic) bond motifs is 4. The topological polar surface area (TPSA) is 98.6 Å². The van der Waals surface area contributed by atoms with Crippen LogP contribution < -0.4 is 0 Å². The summed E-state index contributed by atoms with van der Waals surface area (Å²) in [4.78, 5) is 31.7.